The van der Waals surface area contributed by atoms with Gasteiger partial charge in [-0.25, -0.2) is 4.79 Å². The topological polar surface area (TPSA) is 59.3 Å². The number of aromatic carboxylic acids is 1. The minimum Gasteiger partial charge on any atom is -0.477 e. The molecule has 2 rings (SSSR count). The number of hydrogen-bond acceptors (Lipinski definition) is 2. The van der Waals surface area contributed by atoms with E-state index in [1.54, 1.807) is 0 Å². The molecule has 1 aromatic heterocycles. The largest absolute Gasteiger partial charge is 0.477 e. The molecule has 1 heterocycles. The Morgan fingerprint density at radius 2 is 1.94 bits per heavy atom. The molecule has 0 unspecified atom stereocenters. The highest BCUT2D eigenvalue weighted by Crippen LogP contribution is 2.39. The number of aromatic nitrogens is 1. The van der Waals surface area contributed by atoms with Gasteiger partial charge < -0.3 is 9.67 Å². The highest BCUT2D eigenvalue weighted by atomic mass is 19.4. The number of rotatable bonds is 2. The van der Waals surface area contributed by atoms with Crippen molar-refractivity contribution in [3.8, 4) is 0 Å². The Balaban J connectivity index is 2.68. The Morgan fingerprint density at radius 3 is 2.35 bits per heavy atom. The van der Waals surface area contributed by atoms with Gasteiger partial charge in [0.2, 0.25) is 0 Å². The third-order valence-electron chi connectivity index (χ3n) is 2.55. The van der Waals surface area contributed by atoms with Crippen LogP contribution in [0.5, 0.6) is 0 Å². The predicted molar refractivity (Wildman–Crippen MR) is 50.9 cm³/mol. The second-order valence-electron chi connectivity index (χ2n) is 3.84. The molecule has 7 heteroatoms. The first kappa shape index (κ1) is 11.7. The fourth-order valence-electron chi connectivity index (χ4n) is 1.64. The van der Waals surface area contributed by atoms with E-state index in [0.717, 1.165) is 0 Å². The zero-order valence-electron chi connectivity index (χ0n) is 8.49. The van der Waals surface area contributed by atoms with Gasteiger partial charge in [-0.05, 0) is 25.0 Å². The van der Waals surface area contributed by atoms with Gasteiger partial charge in [0, 0.05) is 6.04 Å². The number of halogens is 3. The SMILES string of the molecule is O=C(O)c1ccc(C(F)(F)F)n(C2CC2)c1=O. The van der Waals surface area contributed by atoms with Crippen molar-refractivity contribution in [2.45, 2.75) is 25.1 Å². The minimum atomic E-state index is -4.65. The third-order valence-corrected chi connectivity index (χ3v) is 2.55. The van der Waals surface area contributed by atoms with Crippen LogP contribution in [-0.4, -0.2) is 15.6 Å². The van der Waals surface area contributed by atoms with E-state index in [2.05, 4.69) is 0 Å². The maximum Gasteiger partial charge on any atom is 0.431 e. The summed E-state index contributed by atoms with van der Waals surface area (Å²) < 4.78 is 38.5. The molecule has 0 aliphatic heterocycles. The summed E-state index contributed by atoms with van der Waals surface area (Å²) in [5.41, 5.74) is -2.81. The van der Waals surface area contributed by atoms with E-state index >= 15 is 0 Å². The van der Waals surface area contributed by atoms with E-state index in [1.165, 1.54) is 0 Å². The Labute approximate surface area is 93.3 Å². The summed E-state index contributed by atoms with van der Waals surface area (Å²) in [6.45, 7) is 0. The van der Waals surface area contributed by atoms with Gasteiger partial charge in [0.15, 0.2) is 0 Å². The summed E-state index contributed by atoms with van der Waals surface area (Å²) in [4.78, 5) is 22.3. The molecule has 0 radical (unpaired) electrons. The summed E-state index contributed by atoms with van der Waals surface area (Å²) in [5, 5.41) is 8.69. The van der Waals surface area contributed by atoms with E-state index in [9.17, 15) is 22.8 Å². The van der Waals surface area contributed by atoms with Crippen molar-refractivity contribution in [3.63, 3.8) is 0 Å². The zero-order chi connectivity index (χ0) is 12.8. The molecule has 1 aliphatic carbocycles. The van der Waals surface area contributed by atoms with Gasteiger partial charge >= 0.3 is 12.1 Å². The van der Waals surface area contributed by atoms with Crippen LogP contribution in [-0.2, 0) is 6.18 Å². The molecule has 4 nitrogen and oxygen atoms in total. The average molecular weight is 247 g/mol. The quantitative estimate of drug-likeness (QED) is 0.868. The maximum atomic E-state index is 12.6. The predicted octanol–water partition coefficient (Wildman–Crippen LogP) is 1.90. The van der Waals surface area contributed by atoms with Gasteiger partial charge in [-0.3, -0.25) is 4.79 Å². The van der Waals surface area contributed by atoms with Gasteiger partial charge in [-0.2, -0.15) is 13.2 Å². The molecule has 0 spiro atoms. The molecule has 0 atom stereocenters. The van der Waals surface area contributed by atoms with Crippen LogP contribution in [0.1, 0.15) is 34.9 Å². The van der Waals surface area contributed by atoms with Crippen LogP contribution < -0.4 is 5.56 Å². The molecule has 1 saturated carbocycles. The number of carbonyl (C=O) groups is 1. The first-order chi connectivity index (χ1) is 7.82. The Morgan fingerprint density at radius 1 is 1.35 bits per heavy atom. The highest BCUT2D eigenvalue weighted by molar-refractivity contribution is 5.87. The van der Waals surface area contributed by atoms with Crippen molar-refractivity contribution in [2.75, 3.05) is 0 Å². The second-order valence-corrected chi connectivity index (χ2v) is 3.84. The molecule has 92 valence electrons. The van der Waals surface area contributed by atoms with Gasteiger partial charge in [-0.1, -0.05) is 0 Å². The highest BCUT2D eigenvalue weighted by Gasteiger charge is 2.39. The summed E-state index contributed by atoms with van der Waals surface area (Å²) in [6.07, 6.45) is -3.73. The summed E-state index contributed by atoms with van der Waals surface area (Å²) in [6, 6.07) is 0.814. The van der Waals surface area contributed by atoms with E-state index in [0.29, 0.717) is 29.5 Å². The molecule has 0 saturated heterocycles. The molecule has 0 aromatic carbocycles. The van der Waals surface area contributed by atoms with Crippen molar-refractivity contribution in [1.29, 1.82) is 0 Å². The standard InChI is InChI=1S/C10H8F3NO3/c11-10(12,13)7-4-3-6(9(16)17)8(15)14(7)5-1-2-5/h3-5H,1-2H2,(H,16,17). The van der Waals surface area contributed by atoms with Gasteiger partial charge in [0.05, 0.1) is 0 Å². The Bertz CT molecular complexity index is 529. The number of carboxylic acid groups (broad SMARTS) is 1. The minimum absolute atomic E-state index is 0.464. The number of alkyl halides is 3. The summed E-state index contributed by atoms with van der Waals surface area (Å²) in [7, 11) is 0. The summed E-state index contributed by atoms with van der Waals surface area (Å²) >= 11 is 0. The van der Waals surface area contributed by atoms with E-state index < -0.39 is 35.0 Å². The van der Waals surface area contributed by atoms with Crippen LogP contribution in [0.3, 0.4) is 0 Å². The normalized spacial score (nSPS) is 15.9. The van der Waals surface area contributed by atoms with Crippen LogP contribution >= 0.6 is 0 Å². The molecule has 17 heavy (non-hydrogen) atoms. The monoisotopic (exact) mass is 247 g/mol. The lowest BCUT2D eigenvalue weighted by molar-refractivity contribution is -0.144. The van der Waals surface area contributed by atoms with E-state index in [-0.39, 0.29) is 0 Å². The molecule has 1 N–H and O–H groups in total. The Kier molecular flexibility index (Phi) is 2.48. The molecular weight excluding hydrogens is 239 g/mol. The first-order valence-corrected chi connectivity index (χ1v) is 4.88. The number of nitrogens with zero attached hydrogens (tertiary/aromatic N) is 1. The van der Waals surface area contributed by atoms with Crippen LogP contribution in [0.25, 0.3) is 0 Å². The van der Waals surface area contributed by atoms with Crippen molar-refractivity contribution in [2.24, 2.45) is 0 Å². The number of carboxylic acids is 1. The second kappa shape index (κ2) is 3.61. The molecule has 0 bridgehead atoms. The fraction of sp³-hybridized carbons (Fsp3) is 0.400. The molecule has 1 aromatic rings. The van der Waals surface area contributed by atoms with Crippen LogP contribution in [0, 0.1) is 0 Å². The van der Waals surface area contributed by atoms with Crippen molar-refractivity contribution < 1.29 is 23.1 Å². The molecule has 1 aliphatic rings. The van der Waals surface area contributed by atoms with Crippen LogP contribution in [0.2, 0.25) is 0 Å². The zero-order valence-corrected chi connectivity index (χ0v) is 8.49. The molecule has 1 fully saturated rings. The van der Waals surface area contributed by atoms with Crippen molar-refractivity contribution in [3.05, 3.63) is 33.7 Å². The smallest absolute Gasteiger partial charge is 0.431 e. The van der Waals surface area contributed by atoms with Gasteiger partial charge in [-0.15, -0.1) is 0 Å². The lowest BCUT2D eigenvalue weighted by atomic mass is 10.2. The average Bonchev–Trinajstić information content (AvgIpc) is 2.98. The Hall–Kier alpha value is -1.79. The van der Waals surface area contributed by atoms with E-state index in [1.807, 2.05) is 0 Å². The third kappa shape index (κ3) is 2.04. The van der Waals surface area contributed by atoms with Crippen molar-refractivity contribution >= 4 is 5.97 Å². The van der Waals surface area contributed by atoms with Gasteiger partial charge in [0.1, 0.15) is 11.3 Å². The summed E-state index contributed by atoms with van der Waals surface area (Å²) in [5.74, 6) is -1.52. The van der Waals surface area contributed by atoms with Crippen molar-refractivity contribution in [1.82, 2.24) is 4.57 Å². The lowest BCUT2D eigenvalue weighted by Gasteiger charge is -2.15. The lowest BCUT2D eigenvalue weighted by Crippen LogP contribution is -2.31. The molecule has 0 amide bonds. The van der Waals surface area contributed by atoms with E-state index in [4.69, 9.17) is 5.11 Å². The maximum absolute atomic E-state index is 12.6. The van der Waals surface area contributed by atoms with Crippen LogP contribution in [0.15, 0.2) is 16.9 Å². The molecular formula is C10H8F3NO3. The fourth-order valence-corrected chi connectivity index (χ4v) is 1.64. The van der Waals surface area contributed by atoms with Crippen LogP contribution in [0.4, 0.5) is 13.2 Å². The number of hydrogen-bond donors (Lipinski definition) is 1. The first-order valence-electron chi connectivity index (χ1n) is 4.88. The number of pyridine rings is 1. The van der Waals surface area contributed by atoms with Gasteiger partial charge in [0.25, 0.3) is 5.56 Å².